The van der Waals surface area contributed by atoms with Crippen molar-refractivity contribution in [1.82, 2.24) is 15.1 Å². The summed E-state index contributed by atoms with van der Waals surface area (Å²) in [5.41, 5.74) is 0. The summed E-state index contributed by atoms with van der Waals surface area (Å²) in [5.74, 6) is 0.261. The highest BCUT2D eigenvalue weighted by Gasteiger charge is 2.23. The van der Waals surface area contributed by atoms with Gasteiger partial charge >= 0.3 is 0 Å². The standard InChI is InChI=1S/C13H27N3O/c1-4-16(5-2)11-10-15(3)13(17)12-8-6-7-9-14-12/h12,14H,4-11H2,1-3H3/t12-/m1/s1. The van der Waals surface area contributed by atoms with Crippen molar-refractivity contribution < 1.29 is 4.79 Å². The molecule has 0 saturated carbocycles. The molecule has 4 nitrogen and oxygen atoms in total. The summed E-state index contributed by atoms with van der Waals surface area (Å²) in [6.45, 7) is 9.23. The van der Waals surface area contributed by atoms with Gasteiger partial charge in [0.05, 0.1) is 6.04 Å². The third kappa shape index (κ3) is 4.64. The van der Waals surface area contributed by atoms with Crippen LogP contribution in [0, 0.1) is 0 Å². The van der Waals surface area contributed by atoms with Gasteiger partial charge in [-0.15, -0.1) is 0 Å². The van der Waals surface area contributed by atoms with E-state index in [0.717, 1.165) is 39.1 Å². The van der Waals surface area contributed by atoms with Gasteiger partial charge in [0.1, 0.15) is 0 Å². The highest BCUT2D eigenvalue weighted by Crippen LogP contribution is 2.09. The van der Waals surface area contributed by atoms with Gasteiger partial charge in [0, 0.05) is 20.1 Å². The SMILES string of the molecule is CCN(CC)CCN(C)C(=O)[C@H]1CCCCN1. The van der Waals surface area contributed by atoms with Crippen LogP contribution in [0.5, 0.6) is 0 Å². The molecule has 1 fully saturated rings. The summed E-state index contributed by atoms with van der Waals surface area (Å²) in [4.78, 5) is 16.4. The number of nitrogens with one attached hydrogen (secondary N) is 1. The summed E-state index contributed by atoms with van der Waals surface area (Å²) < 4.78 is 0. The molecule has 100 valence electrons. The maximum Gasteiger partial charge on any atom is 0.239 e. The van der Waals surface area contributed by atoms with Gasteiger partial charge in [0.25, 0.3) is 0 Å². The lowest BCUT2D eigenvalue weighted by molar-refractivity contribution is -0.132. The summed E-state index contributed by atoms with van der Waals surface area (Å²) in [6, 6.07) is 0.0606. The van der Waals surface area contributed by atoms with E-state index in [1.807, 2.05) is 11.9 Å². The monoisotopic (exact) mass is 241 g/mol. The predicted octanol–water partition coefficient (Wildman–Crippen LogP) is 0.929. The minimum Gasteiger partial charge on any atom is -0.343 e. The van der Waals surface area contributed by atoms with Crippen molar-refractivity contribution >= 4 is 5.91 Å². The van der Waals surface area contributed by atoms with Crippen LogP contribution < -0.4 is 5.32 Å². The fraction of sp³-hybridized carbons (Fsp3) is 0.923. The smallest absolute Gasteiger partial charge is 0.239 e. The number of nitrogens with zero attached hydrogens (tertiary/aromatic N) is 2. The number of hydrogen-bond donors (Lipinski definition) is 1. The number of likely N-dealkylation sites (N-methyl/N-ethyl adjacent to an activating group) is 2. The molecule has 1 heterocycles. The van der Waals surface area contributed by atoms with Crippen molar-refractivity contribution in [2.45, 2.75) is 39.2 Å². The van der Waals surface area contributed by atoms with Crippen LogP contribution in [0.15, 0.2) is 0 Å². The fourth-order valence-corrected chi connectivity index (χ4v) is 2.27. The molecule has 1 N–H and O–H groups in total. The summed E-state index contributed by atoms with van der Waals surface area (Å²) in [5, 5.41) is 3.31. The number of piperidine rings is 1. The van der Waals surface area contributed by atoms with E-state index in [0.29, 0.717) is 0 Å². The molecule has 1 saturated heterocycles. The van der Waals surface area contributed by atoms with Crippen molar-refractivity contribution in [3.05, 3.63) is 0 Å². The maximum atomic E-state index is 12.1. The Morgan fingerprint density at radius 2 is 1.94 bits per heavy atom. The van der Waals surface area contributed by atoms with E-state index in [9.17, 15) is 4.79 Å². The highest BCUT2D eigenvalue weighted by atomic mass is 16.2. The second kappa shape index (κ2) is 7.67. The first-order valence-corrected chi connectivity index (χ1v) is 6.89. The van der Waals surface area contributed by atoms with Crippen molar-refractivity contribution in [3.63, 3.8) is 0 Å². The molecule has 0 unspecified atom stereocenters. The molecule has 0 spiro atoms. The lowest BCUT2D eigenvalue weighted by Crippen LogP contribution is -2.48. The number of carbonyl (C=O) groups is 1. The zero-order valence-electron chi connectivity index (χ0n) is 11.5. The van der Waals surface area contributed by atoms with E-state index >= 15 is 0 Å². The third-order valence-electron chi connectivity index (χ3n) is 3.63. The van der Waals surface area contributed by atoms with Gasteiger partial charge in [0.2, 0.25) is 5.91 Å². The average Bonchev–Trinajstić information content (AvgIpc) is 2.39. The Balaban J connectivity index is 2.30. The molecule has 0 aromatic rings. The Hall–Kier alpha value is -0.610. The van der Waals surface area contributed by atoms with Crippen molar-refractivity contribution in [3.8, 4) is 0 Å². The van der Waals surface area contributed by atoms with Gasteiger partial charge in [-0.2, -0.15) is 0 Å². The van der Waals surface area contributed by atoms with Crippen LogP contribution in [0.3, 0.4) is 0 Å². The van der Waals surface area contributed by atoms with E-state index < -0.39 is 0 Å². The molecule has 1 rings (SSSR count). The van der Waals surface area contributed by atoms with Crippen LogP contribution in [0.1, 0.15) is 33.1 Å². The molecule has 0 radical (unpaired) electrons. The first-order valence-electron chi connectivity index (χ1n) is 6.89. The maximum absolute atomic E-state index is 12.1. The molecule has 0 aromatic heterocycles. The zero-order chi connectivity index (χ0) is 12.7. The summed E-state index contributed by atoms with van der Waals surface area (Å²) in [6.07, 6.45) is 3.37. The van der Waals surface area contributed by atoms with E-state index in [1.165, 1.54) is 12.8 Å². The second-order valence-electron chi connectivity index (χ2n) is 4.79. The first-order chi connectivity index (χ1) is 8.19. The van der Waals surface area contributed by atoms with Gasteiger partial charge < -0.3 is 15.1 Å². The Labute approximate surface area is 105 Å². The van der Waals surface area contributed by atoms with Crippen molar-refractivity contribution in [2.75, 3.05) is 39.8 Å². The van der Waals surface area contributed by atoms with E-state index in [1.54, 1.807) is 0 Å². The third-order valence-corrected chi connectivity index (χ3v) is 3.63. The molecule has 0 bridgehead atoms. The lowest BCUT2D eigenvalue weighted by Gasteiger charge is -2.29. The van der Waals surface area contributed by atoms with E-state index in [4.69, 9.17) is 0 Å². The quantitative estimate of drug-likeness (QED) is 0.751. The first kappa shape index (κ1) is 14.5. The van der Waals surface area contributed by atoms with Crippen LogP contribution >= 0.6 is 0 Å². The average molecular weight is 241 g/mol. The molecule has 1 atom stereocenters. The highest BCUT2D eigenvalue weighted by molar-refractivity contribution is 5.81. The normalized spacial score (nSPS) is 20.6. The second-order valence-corrected chi connectivity index (χ2v) is 4.79. The van der Waals surface area contributed by atoms with Gasteiger partial charge in [-0.05, 0) is 32.5 Å². The zero-order valence-corrected chi connectivity index (χ0v) is 11.5. The van der Waals surface area contributed by atoms with Gasteiger partial charge in [-0.1, -0.05) is 20.3 Å². The van der Waals surface area contributed by atoms with Gasteiger partial charge in [0.15, 0.2) is 0 Å². The van der Waals surface area contributed by atoms with Crippen molar-refractivity contribution in [2.24, 2.45) is 0 Å². The molecule has 4 heteroatoms. The van der Waals surface area contributed by atoms with Crippen LogP contribution in [-0.2, 0) is 4.79 Å². The van der Waals surface area contributed by atoms with Crippen molar-refractivity contribution in [1.29, 1.82) is 0 Å². The van der Waals surface area contributed by atoms with Crippen LogP contribution in [0.25, 0.3) is 0 Å². The number of hydrogen-bond acceptors (Lipinski definition) is 3. The predicted molar refractivity (Wildman–Crippen MR) is 71.1 cm³/mol. The Morgan fingerprint density at radius 1 is 1.24 bits per heavy atom. The Kier molecular flexibility index (Phi) is 6.52. The summed E-state index contributed by atoms with van der Waals surface area (Å²) >= 11 is 0. The van der Waals surface area contributed by atoms with E-state index in [2.05, 4.69) is 24.1 Å². The molecule has 1 amide bonds. The van der Waals surface area contributed by atoms with Crippen LogP contribution in [0.4, 0.5) is 0 Å². The van der Waals surface area contributed by atoms with Crippen LogP contribution in [0.2, 0.25) is 0 Å². The molecule has 17 heavy (non-hydrogen) atoms. The Morgan fingerprint density at radius 3 is 2.47 bits per heavy atom. The lowest BCUT2D eigenvalue weighted by atomic mass is 10.0. The molecule has 0 aromatic carbocycles. The molecular formula is C13H27N3O. The number of rotatable bonds is 6. The van der Waals surface area contributed by atoms with Gasteiger partial charge in [-0.25, -0.2) is 0 Å². The minimum atomic E-state index is 0.0606. The van der Waals surface area contributed by atoms with Crippen LogP contribution in [-0.4, -0.2) is 61.5 Å². The Bertz CT molecular complexity index is 223. The topological polar surface area (TPSA) is 35.6 Å². The van der Waals surface area contributed by atoms with Gasteiger partial charge in [-0.3, -0.25) is 4.79 Å². The summed E-state index contributed by atoms with van der Waals surface area (Å²) in [7, 11) is 1.92. The minimum absolute atomic E-state index is 0.0606. The largest absolute Gasteiger partial charge is 0.343 e. The molecule has 1 aliphatic heterocycles. The fourth-order valence-electron chi connectivity index (χ4n) is 2.27. The number of amides is 1. The van der Waals surface area contributed by atoms with E-state index in [-0.39, 0.29) is 11.9 Å². The molecule has 1 aliphatic rings. The molecular weight excluding hydrogens is 214 g/mol. The number of carbonyl (C=O) groups excluding carboxylic acids is 1. The molecule has 0 aliphatic carbocycles.